The molecule has 7 nitrogen and oxygen atoms in total. The molecule has 1 N–H and O–H groups in total. The van der Waals surface area contributed by atoms with E-state index >= 15 is 0 Å². The molecule has 0 aliphatic carbocycles. The molecule has 1 aliphatic rings. The van der Waals surface area contributed by atoms with E-state index in [1.807, 2.05) is 23.7 Å². The molecular weight excluding hydrogens is 467 g/mol. The highest BCUT2D eigenvalue weighted by molar-refractivity contribution is 7.89. The highest BCUT2D eigenvalue weighted by atomic mass is 35.5. The first-order valence-corrected chi connectivity index (χ1v) is 12.4. The standard InChI is InChI=1S/C23H24ClFN4O3S/c1-28-15-12-26-22(28)21(16-6-8-18(24)9-7-16)27-23(30)17-10-13-29(14-11-17)33(31,32)20-5-3-2-4-19(20)25/h2-9,12,15,17,21H,10-11,13-14H2,1H3,(H,27,30)/t21-/m1/s1. The molecule has 1 atom stereocenters. The van der Waals surface area contributed by atoms with Gasteiger partial charge in [0, 0.05) is 43.5 Å². The highest BCUT2D eigenvalue weighted by Gasteiger charge is 2.34. The molecule has 1 amide bonds. The van der Waals surface area contributed by atoms with Gasteiger partial charge < -0.3 is 9.88 Å². The number of nitrogens with one attached hydrogen (secondary N) is 1. The van der Waals surface area contributed by atoms with Gasteiger partial charge in [0.05, 0.1) is 0 Å². The largest absolute Gasteiger partial charge is 0.342 e. The zero-order chi connectivity index (χ0) is 23.6. The zero-order valence-corrected chi connectivity index (χ0v) is 19.6. The van der Waals surface area contributed by atoms with E-state index in [1.165, 1.54) is 22.5 Å². The number of halogens is 2. The molecule has 174 valence electrons. The van der Waals surface area contributed by atoms with Crippen LogP contribution >= 0.6 is 11.6 Å². The summed E-state index contributed by atoms with van der Waals surface area (Å²) < 4.78 is 42.8. The van der Waals surface area contributed by atoms with Gasteiger partial charge in [-0.1, -0.05) is 35.9 Å². The number of imidazole rings is 1. The maximum absolute atomic E-state index is 14.1. The second kappa shape index (κ2) is 9.62. The van der Waals surface area contributed by atoms with Crippen LogP contribution in [0.4, 0.5) is 4.39 Å². The van der Waals surface area contributed by atoms with Crippen molar-refractivity contribution < 1.29 is 17.6 Å². The van der Waals surface area contributed by atoms with Gasteiger partial charge in [-0.05, 0) is 42.7 Å². The minimum absolute atomic E-state index is 0.142. The Morgan fingerprint density at radius 3 is 2.42 bits per heavy atom. The van der Waals surface area contributed by atoms with E-state index in [-0.39, 0.29) is 29.8 Å². The zero-order valence-electron chi connectivity index (χ0n) is 18.0. The number of nitrogens with zero attached hydrogens (tertiary/aromatic N) is 3. The number of benzene rings is 2. The Kier molecular flexibility index (Phi) is 6.83. The number of carbonyl (C=O) groups is 1. The van der Waals surface area contributed by atoms with Crippen LogP contribution in [0.15, 0.2) is 65.8 Å². The molecule has 0 unspecified atom stereocenters. The van der Waals surface area contributed by atoms with Crippen molar-refractivity contribution >= 4 is 27.5 Å². The Labute approximate surface area is 197 Å². The molecule has 2 heterocycles. The first kappa shape index (κ1) is 23.4. The molecule has 0 spiro atoms. The minimum atomic E-state index is -3.95. The van der Waals surface area contributed by atoms with E-state index in [0.717, 1.165) is 11.6 Å². The molecule has 3 aromatic rings. The molecule has 0 saturated carbocycles. The van der Waals surface area contributed by atoms with Crippen molar-refractivity contribution in [2.75, 3.05) is 13.1 Å². The number of hydrogen-bond acceptors (Lipinski definition) is 4. The van der Waals surface area contributed by atoms with E-state index in [9.17, 15) is 17.6 Å². The predicted molar refractivity (Wildman–Crippen MR) is 123 cm³/mol. The monoisotopic (exact) mass is 490 g/mol. The van der Waals surface area contributed by atoms with Crippen LogP contribution in [0.1, 0.15) is 30.3 Å². The Hall–Kier alpha value is -2.75. The summed E-state index contributed by atoms with van der Waals surface area (Å²) in [7, 11) is -2.10. The van der Waals surface area contributed by atoms with Gasteiger partial charge in [-0.15, -0.1) is 0 Å². The molecular formula is C23H24ClFN4O3S. The summed E-state index contributed by atoms with van der Waals surface area (Å²) in [5, 5.41) is 3.66. The van der Waals surface area contributed by atoms with E-state index in [1.54, 1.807) is 24.5 Å². The number of aryl methyl sites for hydroxylation is 1. The molecule has 0 bridgehead atoms. The van der Waals surface area contributed by atoms with E-state index in [0.29, 0.717) is 23.7 Å². The quantitative estimate of drug-likeness (QED) is 0.573. The second-order valence-electron chi connectivity index (χ2n) is 8.00. The lowest BCUT2D eigenvalue weighted by atomic mass is 9.96. The Bertz CT molecular complexity index is 1240. The van der Waals surface area contributed by atoms with E-state index in [4.69, 9.17) is 11.6 Å². The number of amides is 1. The van der Waals surface area contributed by atoms with E-state index < -0.39 is 21.9 Å². The summed E-state index contributed by atoms with van der Waals surface area (Å²) in [6.07, 6.45) is 4.15. The first-order chi connectivity index (χ1) is 15.8. The van der Waals surface area contributed by atoms with Gasteiger partial charge in [0.2, 0.25) is 15.9 Å². The number of sulfonamides is 1. The third-order valence-electron chi connectivity index (χ3n) is 5.89. The van der Waals surface area contributed by atoms with Crippen molar-refractivity contribution in [2.24, 2.45) is 13.0 Å². The summed E-state index contributed by atoms with van der Waals surface area (Å²) in [6.45, 7) is 0.283. The SMILES string of the molecule is Cn1ccnc1[C@H](NC(=O)C1CCN(S(=O)(=O)c2ccccc2F)CC1)c1ccc(Cl)cc1. The average Bonchev–Trinajstić information content (AvgIpc) is 3.24. The van der Waals surface area contributed by atoms with Crippen LogP contribution in [-0.2, 0) is 21.9 Å². The average molecular weight is 491 g/mol. The smallest absolute Gasteiger partial charge is 0.245 e. The number of hydrogen-bond donors (Lipinski definition) is 1. The van der Waals surface area contributed by atoms with Gasteiger partial charge >= 0.3 is 0 Å². The Morgan fingerprint density at radius 2 is 1.82 bits per heavy atom. The number of rotatable bonds is 6. The van der Waals surface area contributed by atoms with Crippen molar-refractivity contribution in [3.8, 4) is 0 Å². The number of aromatic nitrogens is 2. The molecule has 0 radical (unpaired) electrons. The van der Waals surface area contributed by atoms with Crippen LogP contribution in [-0.4, -0.2) is 41.3 Å². The minimum Gasteiger partial charge on any atom is -0.342 e. The molecule has 1 aromatic heterocycles. The summed E-state index contributed by atoms with van der Waals surface area (Å²) in [5.41, 5.74) is 0.835. The molecule has 1 fully saturated rings. The van der Waals surface area contributed by atoms with Crippen molar-refractivity contribution in [1.82, 2.24) is 19.2 Å². The molecule has 33 heavy (non-hydrogen) atoms. The lowest BCUT2D eigenvalue weighted by Gasteiger charge is -2.31. The lowest BCUT2D eigenvalue weighted by Crippen LogP contribution is -2.44. The van der Waals surface area contributed by atoms with Gasteiger partial charge in [0.15, 0.2) is 0 Å². The van der Waals surface area contributed by atoms with Crippen LogP contribution in [0.5, 0.6) is 0 Å². The van der Waals surface area contributed by atoms with Gasteiger partial charge in [0.25, 0.3) is 0 Å². The molecule has 2 aromatic carbocycles. The third-order valence-corrected chi connectivity index (χ3v) is 8.07. The number of carbonyl (C=O) groups excluding carboxylic acids is 1. The third kappa shape index (κ3) is 4.95. The molecule has 10 heteroatoms. The van der Waals surface area contributed by atoms with Crippen LogP contribution in [0.25, 0.3) is 0 Å². The van der Waals surface area contributed by atoms with Crippen molar-refractivity contribution in [1.29, 1.82) is 0 Å². The van der Waals surface area contributed by atoms with Crippen LogP contribution in [0.3, 0.4) is 0 Å². The summed E-state index contributed by atoms with van der Waals surface area (Å²) >= 11 is 6.02. The highest BCUT2D eigenvalue weighted by Crippen LogP contribution is 2.27. The lowest BCUT2D eigenvalue weighted by molar-refractivity contribution is -0.126. The Balaban J connectivity index is 1.47. The maximum Gasteiger partial charge on any atom is 0.245 e. The van der Waals surface area contributed by atoms with Crippen LogP contribution in [0.2, 0.25) is 5.02 Å². The van der Waals surface area contributed by atoms with E-state index in [2.05, 4.69) is 10.3 Å². The maximum atomic E-state index is 14.1. The normalized spacial score (nSPS) is 16.5. The second-order valence-corrected chi connectivity index (χ2v) is 10.3. The summed E-state index contributed by atoms with van der Waals surface area (Å²) in [5.74, 6) is -0.656. The Morgan fingerprint density at radius 1 is 1.15 bits per heavy atom. The molecule has 1 saturated heterocycles. The summed E-state index contributed by atoms with van der Waals surface area (Å²) in [6, 6.07) is 12.0. The first-order valence-electron chi connectivity index (χ1n) is 10.5. The van der Waals surface area contributed by atoms with Gasteiger partial charge in [-0.25, -0.2) is 17.8 Å². The van der Waals surface area contributed by atoms with Crippen LogP contribution in [0, 0.1) is 11.7 Å². The van der Waals surface area contributed by atoms with Crippen LogP contribution < -0.4 is 5.32 Å². The van der Waals surface area contributed by atoms with Gasteiger partial charge in [-0.2, -0.15) is 4.31 Å². The fourth-order valence-electron chi connectivity index (χ4n) is 4.02. The summed E-state index contributed by atoms with van der Waals surface area (Å²) in [4.78, 5) is 17.2. The van der Waals surface area contributed by atoms with Crippen molar-refractivity contribution in [3.63, 3.8) is 0 Å². The van der Waals surface area contributed by atoms with Crippen molar-refractivity contribution in [2.45, 2.75) is 23.8 Å². The predicted octanol–water partition coefficient (Wildman–Crippen LogP) is 3.52. The number of piperidine rings is 1. The van der Waals surface area contributed by atoms with Gasteiger partial charge in [0.1, 0.15) is 22.6 Å². The van der Waals surface area contributed by atoms with Gasteiger partial charge in [-0.3, -0.25) is 4.79 Å². The topological polar surface area (TPSA) is 84.3 Å². The fourth-order valence-corrected chi connectivity index (χ4v) is 5.68. The molecule has 1 aliphatic heterocycles. The fraction of sp³-hybridized carbons (Fsp3) is 0.304. The molecule has 4 rings (SSSR count). The van der Waals surface area contributed by atoms with Crippen molar-refractivity contribution in [3.05, 3.63) is 83.2 Å².